The summed E-state index contributed by atoms with van der Waals surface area (Å²) in [6.07, 6.45) is -3.85. The average molecular weight is 411 g/mol. The summed E-state index contributed by atoms with van der Waals surface area (Å²) in [5.41, 5.74) is -1.21. The maximum atomic E-state index is 12.6. The lowest BCUT2D eigenvalue weighted by molar-refractivity contribution is -0.137. The average Bonchev–Trinajstić information content (AvgIpc) is 2.65. The molecule has 0 unspecified atom stereocenters. The molecule has 1 amide bonds. The Morgan fingerprint density at radius 2 is 1.93 bits per heavy atom. The molecule has 0 atom stereocenters. The van der Waals surface area contributed by atoms with Gasteiger partial charge in [-0.1, -0.05) is 29.8 Å². The molecular weight excluding hydrogens is 397 g/mol. The van der Waals surface area contributed by atoms with Crippen LogP contribution in [0, 0.1) is 0 Å². The molecule has 10 heteroatoms. The van der Waals surface area contributed by atoms with Gasteiger partial charge in [-0.15, -0.1) is 0 Å². The van der Waals surface area contributed by atoms with Crippen molar-refractivity contribution in [2.45, 2.75) is 6.18 Å². The number of halogens is 4. The van der Waals surface area contributed by atoms with Crippen molar-refractivity contribution in [1.29, 1.82) is 0 Å². The molecule has 0 radical (unpaired) electrons. The Morgan fingerprint density at radius 1 is 1.18 bits per heavy atom. The Hall–Kier alpha value is -3.07. The molecule has 3 aromatic rings. The van der Waals surface area contributed by atoms with Gasteiger partial charge in [0.15, 0.2) is 0 Å². The molecule has 0 aliphatic heterocycles. The summed E-state index contributed by atoms with van der Waals surface area (Å²) in [7, 11) is 0. The number of carbonyl (C=O) groups excluding carboxylic acids is 1. The van der Waals surface area contributed by atoms with Crippen molar-refractivity contribution in [1.82, 2.24) is 15.3 Å². The lowest BCUT2D eigenvalue weighted by atomic mass is 10.1. The zero-order valence-electron chi connectivity index (χ0n) is 14.2. The number of benzene rings is 1. The van der Waals surface area contributed by atoms with Crippen LogP contribution >= 0.6 is 11.6 Å². The van der Waals surface area contributed by atoms with Gasteiger partial charge in [0.2, 0.25) is 0 Å². The van der Waals surface area contributed by atoms with Gasteiger partial charge >= 0.3 is 6.18 Å². The molecule has 2 aromatic heterocycles. The summed E-state index contributed by atoms with van der Waals surface area (Å²) in [6.45, 7) is 0.300. The number of nitrogens with one attached hydrogen (secondary N) is 3. The second-order valence-electron chi connectivity index (χ2n) is 5.83. The fourth-order valence-corrected chi connectivity index (χ4v) is 2.74. The molecule has 0 spiro atoms. The van der Waals surface area contributed by atoms with Crippen molar-refractivity contribution < 1.29 is 18.0 Å². The van der Waals surface area contributed by atoms with Crippen LogP contribution in [0.15, 0.2) is 47.4 Å². The number of hydrogen-bond donors (Lipinski definition) is 3. The minimum Gasteiger partial charge on any atom is -0.367 e. The lowest BCUT2D eigenvalue weighted by Crippen LogP contribution is -2.30. The SMILES string of the molecule is O=C(NCCNc1ncc(C(F)(F)F)cc1Cl)c1cc2ccccc2c(=O)[nH]1. The molecule has 0 bridgehead atoms. The molecule has 6 nitrogen and oxygen atoms in total. The maximum Gasteiger partial charge on any atom is 0.417 e. The summed E-state index contributed by atoms with van der Waals surface area (Å²) in [4.78, 5) is 30.4. The van der Waals surface area contributed by atoms with Gasteiger partial charge in [-0.05, 0) is 23.6 Å². The number of hydrogen-bond acceptors (Lipinski definition) is 4. The predicted molar refractivity (Wildman–Crippen MR) is 99.6 cm³/mol. The largest absolute Gasteiger partial charge is 0.417 e. The number of aromatic nitrogens is 2. The van der Waals surface area contributed by atoms with E-state index in [9.17, 15) is 22.8 Å². The number of anilines is 1. The van der Waals surface area contributed by atoms with Gasteiger partial charge in [0.05, 0.1) is 10.6 Å². The summed E-state index contributed by atoms with van der Waals surface area (Å²) in [6, 6.07) is 9.20. The van der Waals surface area contributed by atoms with Crippen LogP contribution in [-0.2, 0) is 6.18 Å². The Balaban J connectivity index is 1.58. The van der Waals surface area contributed by atoms with E-state index in [1.165, 1.54) is 0 Å². The second-order valence-corrected chi connectivity index (χ2v) is 6.24. The standard InChI is InChI=1S/C18H14ClF3N4O2/c19-13-8-11(18(20,21)22)9-25-15(13)23-5-6-24-17(28)14-7-10-3-1-2-4-12(10)16(27)26-14/h1-4,7-9H,5-6H2,(H,23,25)(H,24,28)(H,26,27). The van der Waals surface area contributed by atoms with Crippen molar-refractivity contribution in [2.75, 3.05) is 18.4 Å². The topological polar surface area (TPSA) is 86.9 Å². The van der Waals surface area contributed by atoms with Crippen molar-refractivity contribution in [3.05, 3.63) is 69.2 Å². The van der Waals surface area contributed by atoms with Gasteiger partial charge < -0.3 is 15.6 Å². The highest BCUT2D eigenvalue weighted by molar-refractivity contribution is 6.32. The van der Waals surface area contributed by atoms with Gasteiger partial charge in [-0.3, -0.25) is 9.59 Å². The van der Waals surface area contributed by atoms with Crippen molar-refractivity contribution in [3.63, 3.8) is 0 Å². The number of amides is 1. The molecule has 28 heavy (non-hydrogen) atoms. The van der Waals surface area contributed by atoms with E-state index in [2.05, 4.69) is 20.6 Å². The highest BCUT2D eigenvalue weighted by atomic mass is 35.5. The molecule has 1 aromatic carbocycles. The third-order valence-electron chi connectivity index (χ3n) is 3.87. The van der Waals surface area contributed by atoms with Crippen LogP contribution in [0.2, 0.25) is 5.02 Å². The fraction of sp³-hybridized carbons (Fsp3) is 0.167. The molecular formula is C18H14ClF3N4O2. The molecule has 3 rings (SSSR count). The zero-order valence-corrected chi connectivity index (χ0v) is 15.0. The Kier molecular flexibility index (Phi) is 5.55. The minimum atomic E-state index is -4.53. The number of aromatic amines is 1. The normalized spacial score (nSPS) is 11.4. The zero-order chi connectivity index (χ0) is 20.3. The van der Waals surface area contributed by atoms with E-state index < -0.39 is 17.6 Å². The van der Waals surface area contributed by atoms with Gasteiger partial charge in [0.1, 0.15) is 11.5 Å². The van der Waals surface area contributed by atoms with Crippen LogP contribution in [0.3, 0.4) is 0 Å². The van der Waals surface area contributed by atoms with E-state index in [1.807, 2.05) is 0 Å². The van der Waals surface area contributed by atoms with Gasteiger partial charge in [0.25, 0.3) is 11.5 Å². The molecule has 146 valence electrons. The van der Waals surface area contributed by atoms with Gasteiger partial charge in [-0.25, -0.2) is 4.98 Å². The first-order chi connectivity index (χ1) is 13.3. The van der Waals surface area contributed by atoms with Crippen LogP contribution in [0.5, 0.6) is 0 Å². The number of pyridine rings is 2. The molecule has 0 aliphatic carbocycles. The van der Waals surface area contributed by atoms with E-state index >= 15 is 0 Å². The first-order valence-electron chi connectivity index (χ1n) is 8.12. The van der Waals surface area contributed by atoms with Crippen molar-refractivity contribution in [2.24, 2.45) is 0 Å². The molecule has 3 N–H and O–H groups in total. The summed E-state index contributed by atoms with van der Waals surface area (Å²) >= 11 is 5.79. The van der Waals surface area contributed by atoms with E-state index in [4.69, 9.17) is 11.6 Å². The second kappa shape index (κ2) is 7.89. The van der Waals surface area contributed by atoms with Crippen LogP contribution in [0.25, 0.3) is 10.8 Å². The van der Waals surface area contributed by atoms with Crippen LogP contribution in [0.4, 0.5) is 19.0 Å². The number of rotatable bonds is 5. The van der Waals surface area contributed by atoms with Crippen molar-refractivity contribution >= 4 is 34.1 Å². The number of fused-ring (bicyclic) bond motifs is 1. The first kappa shape index (κ1) is 19.7. The van der Waals surface area contributed by atoms with Crippen LogP contribution in [0.1, 0.15) is 16.1 Å². The van der Waals surface area contributed by atoms with Crippen LogP contribution < -0.4 is 16.2 Å². The molecule has 0 fully saturated rings. The Bertz CT molecular complexity index is 1080. The summed E-state index contributed by atoms with van der Waals surface area (Å²) < 4.78 is 37.8. The minimum absolute atomic E-state index is 0.0722. The van der Waals surface area contributed by atoms with Crippen molar-refractivity contribution in [3.8, 4) is 0 Å². The highest BCUT2D eigenvalue weighted by Gasteiger charge is 2.31. The third-order valence-corrected chi connectivity index (χ3v) is 4.16. The molecule has 0 saturated carbocycles. The Labute approximate surface area is 161 Å². The smallest absolute Gasteiger partial charge is 0.367 e. The molecule has 0 aliphatic rings. The number of carbonyl (C=O) groups is 1. The Morgan fingerprint density at radius 3 is 2.64 bits per heavy atom. The lowest BCUT2D eigenvalue weighted by Gasteiger charge is -2.11. The maximum absolute atomic E-state index is 12.6. The van der Waals surface area contributed by atoms with E-state index in [1.54, 1.807) is 30.3 Å². The van der Waals surface area contributed by atoms with Gasteiger partial charge in [-0.2, -0.15) is 13.2 Å². The first-order valence-corrected chi connectivity index (χ1v) is 8.50. The van der Waals surface area contributed by atoms with E-state index in [0.29, 0.717) is 17.0 Å². The van der Waals surface area contributed by atoms with Gasteiger partial charge in [0, 0.05) is 24.7 Å². The number of alkyl halides is 3. The monoisotopic (exact) mass is 410 g/mol. The third kappa shape index (κ3) is 4.42. The fourth-order valence-electron chi connectivity index (χ4n) is 2.51. The van der Waals surface area contributed by atoms with E-state index in [-0.39, 0.29) is 35.2 Å². The highest BCUT2D eigenvalue weighted by Crippen LogP contribution is 2.32. The quantitative estimate of drug-likeness (QED) is 0.562. The predicted octanol–water partition coefficient (Wildman–Crippen LogP) is 3.44. The summed E-state index contributed by atoms with van der Waals surface area (Å²) in [5.74, 6) is -0.417. The summed E-state index contributed by atoms with van der Waals surface area (Å²) in [5, 5.41) is 6.27. The number of nitrogens with zero attached hydrogens (tertiary/aromatic N) is 1. The molecule has 0 saturated heterocycles. The van der Waals surface area contributed by atoms with Crippen LogP contribution in [-0.4, -0.2) is 29.0 Å². The van der Waals surface area contributed by atoms with E-state index in [0.717, 1.165) is 6.07 Å². The molecule has 2 heterocycles. The number of H-pyrrole nitrogens is 1.